The van der Waals surface area contributed by atoms with E-state index in [2.05, 4.69) is 5.16 Å². The number of carbonyl (C=O) groups is 2. The molecule has 0 saturated carbocycles. The van der Waals surface area contributed by atoms with Gasteiger partial charge in [0.25, 0.3) is 0 Å². The van der Waals surface area contributed by atoms with E-state index < -0.39 is 18.2 Å². The van der Waals surface area contributed by atoms with E-state index in [1.165, 1.54) is 0 Å². The fourth-order valence-corrected chi connectivity index (χ4v) is 2.56. The molecule has 0 amide bonds. The van der Waals surface area contributed by atoms with Crippen LogP contribution in [0.25, 0.3) is 0 Å². The quantitative estimate of drug-likeness (QED) is 0.186. The predicted octanol–water partition coefficient (Wildman–Crippen LogP) is 4.39. The van der Waals surface area contributed by atoms with Gasteiger partial charge in [-0.1, -0.05) is 56.3 Å². The number of ether oxygens (including phenoxy) is 3. The average molecular weight is 393 g/mol. The first kappa shape index (κ1) is 23.5. The molecule has 0 aliphatic heterocycles. The number of esters is 2. The van der Waals surface area contributed by atoms with Crippen molar-refractivity contribution in [3.8, 4) is 0 Å². The standard InChI is InChI=1S/C21H31NO6/c1-4-10-18(22-25)28-21(16-13-8-7-9-14-16)17(27-20(24)12-6-3)15-26-19(23)11-5-2/h7-9,13-14,17,21,25H,4-6,10-12,15H2,1-3H3. The van der Waals surface area contributed by atoms with Gasteiger partial charge in [0.15, 0.2) is 12.2 Å². The highest BCUT2D eigenvalue weighted by Gasteiger charge is 2.31. The molecule has 2 unspecified atom stereocenters. The number of benzene rings is 1. The number of hydrogen-bond acceptors (Lipinski definition) is 7. The van der Waals surface area contributed by atoms with Crippen LogP contribution in [-0.4, -0.2) is 35.8 Å². The Morgan fingerprint density at radius 3 is 2.11 bits per heavy atom. The van der Waals surface area contributed by atoms with Gasteiger partial charge in [-0.05, 0) is 24.8 Å². The molecule has 7 nitrogen and oxygen atoms in total. The third-order valence-corrected chi connectivity index (χ3v) is 3.90. The van der Waals surface area contributed by atoms with Crippen LogP contribution in [0, 0.1) is 0 Å². The van der Waals surface area contributed by atoms with Crippen molar-refractivity contribution < 1.29 is 29.0 Å². The Morgan fingerprint density at radius 2 is 1.54 bits per heavy atom. The fraction of sp³-hybridized carbons (Fsp3) is 0.571. The first-order chi connectivity index (χ1) is 13.5. The minimum atomic E-state index is -0.865. The van der Waals surface area contributed by atoms with E-state index in [0.717, 1.165) is 5.56 Å². The molecule has 0 heterocycles. The minimum Gasteiger partial charge on any atom is -0.466 e. The maximum atomic E-state index is 12.1. The van der Waals surface area contributed by atoms with Gasteiger partial charge in [-0.3, -0.25) is 9.59 Å². The molecule has 156 valence electrons. The molecule has 28 heavy (non-hydrogen) atoms. The fourth-order valence-electron chi connectivity index (χ4n) is 2.56. The molecule has 1 aromatic rings. The second kappa shape index (κ2) is 13.6. The lowest BCUT2D eigenvalue weighted by Crippen LogP contribution is -2.34. The van der Waals surface area contributed by atoms with Crippen LogP contribution in [0.2, 0.25) is 0 Å². The van der Waals surface area contributed by atoms with Crippen molar-refractivity contribution in [1.82, 2.24) is 0 Å². The number of hydrogen-bond donors (Lipinski definition) is 1. The van der Waals surface area contributed by atoms with Crippen molar-refractivity contribution in [2.45, 2.75) is 71.5 Å². The monoisotopic (exact) mass is 393 g/mol. The predicted molar refractivity (Wildman–Crippen MR) is 105 cm³/mol. The zero-order valence-corrected chi connectivity index (χ0v) is 16.9. The Balaban J connectivity index is 3.11. The highest BCUT2D eigenvalue weighted by atomic mass is 16.6. The summed E-state index contributed by atoms with van der Waals surface area (Å²) < 4.78 is 16.8. The Hall–Kier alpha value is -2.57. The van der Waals surface area contributed by atoms with Crippen molar-refractivity contribution in [2.75, 3.05) is 6.61 Å². The third kappa shape index (κ3) is 8.41. The van der Waals surface area contributed by atoms with Crippen LogP contribution in [0.3, 0.4) is 0 Å². The SMILES string of the molecule is CCCC(=O)OCC(OC(=O)CCC)C(OC(CCC)=NO)c1ccccc1. The molecule has 1 aromatic carbocycles. The highest BCUT2D eigenvalue weighted by Crippen LogP contribution is 2.26. The molecule has 2 atom stereocenters. The summed E-state index contributed by atoms with van der Waals surface area (Å²) in [6.07, 6.45) is 1.33. The highest BCUT2D eigenvalue weighted by molar-refractivity contribution is 5.76. The van der Waals surface area contributed by atoms with Gasteiger partial charge in [0.05, 0.1) is 0 Å². The molecular weight excluding hydrogens is 362 g/mol. The van der Waals surface area contributed by atoms with Gasteiger partial charge in [-0.25, -0.2) is 0 Å². The number of rotatable bonds is 12. The van der Waals surface area contributed by atoms with Gasteiger partial charge in [0, 0.05) is 19.3 Å². The van der Waals surface area contributed by atoms with Crippen LogP contribution in [0.4, 0.5) is 0 Å². The van der Waals surface area contributed by atoms with Crippen LogP contribution in [0.5, 0.6) is 0 Å². The summed E-state index contributed by atoms with van der Waals surface area (Å²) in [6.45, 7) is 5.54. The van der Waals surface area contributed by atoms with Crippen LogP contribution in [0.15, 0.2) is 35.5 Å². The molecule has 1 N–H and O–H groups in total. The lowest BCUT2D eigenvalue weighted by Gasteiger charge is -2.28. The average Bonchev–Trinajstić information content (AvgIpc) is 2.69. The van der Waals surface area contributed by atoms with Gasteiger partial charge in [-0.15, -0.1) is 0 Å². The normalized spacial score (nSPS) is 13.5. The molecule has 0 aromatic heterocycles. The van der Waals surface area contributed by atoms with Crippen molar-refractivity contribution >= 4 is 17.8 Å². The van der Waals surface area contributed by atoms with Gasteiger partial charge in [0.1, 0.15) is 6.61 Å². The molecule has 1 rings (SSSR count). The minimum absolute atomic E-state index is 0.132. The van der Waals surface area contributed by atoms with E-state index in [9.17, 15) is 14.8 Å². The van der Waals surface area contributed by atoms with E-state index in [-0.39, 0.29) is 31.3 Å². The summed E-state index contributed by atoms with van der Waals surface area (Å²) in [5.41, 5.74) is 0.723. The first-order valence-electron chi connectivity index (χ1n) is 9.83. The smallest absolute Gasteiger partial charge is 0.306 e. The molecule has 0 aliphatic rings. The molecule has 0 saturated heterocycles. The van der Waals surface area contributed by atoms with E-state index >= 15 is 0 Å². The Morgan fingerprint density at radius 1 is 0.929 bits per heavy atom. The van der Waals surface area contributed by atoms with Crippen LogP contribution in [0.1, 0.15) is 71.0 Å². The number of oxime groups is 1. The van der Waals surface area contributed by atoms with E-state index in [1.807, 2.05) is 51.1 Å². The second-order valence-electron chi connectivity index (χ2n) is 6.40. The maximum Gasteiger partial charge on any atom is 0.306 e. The second-order valence-corrected chi connectivity index (χ2v) is 6.40. The summed E-state index contributed by atoms with van der Waals surface area (Å²) in [7, 11) is 0. The zero-order chi connectivity index (χ0) is 20.8. The lowest BCUT2D eigenvalue weighted by atomic mass is 10.0. The third-order valence-electron chi connectivity index (χ3n) is 3.90. The zero-order valence-electron chi connectivity index (χ0n) is 16.9. The summed E-state index contributed by atoms with van der Waals surface area (Å²) in [5, 5.41) is 12.5. The Kier molecular flexibility index (Phi) is 11.4. The van der Waals surface area contributed by atoms with Gasteiger partial charge in [0.2, 0.25) is 5.90 Å². The molecule has 0 fully saturated rings. The van der Waals surface area contributed by atoms with Gasteiger partial charge >= 0.3 is 11.9 Å². The molecule has 7 heteroatoms. The van der Waals surface area contributed by atoms with Crippen LogP contribution >= 0.6 is 0 Å². The van der Waals surface area contributed by atoms with Crippen LogP contribution < -0.4 is 0 Å². The molecule has 0 spiro atoms. The Labute approximate surface area is 166 Å². The number of nitrogens with zero attached hydrogens (tertiary/aromatic N) is 1. The topological polar surface area (TPSA) is 94.4 Å². The van der Waals surface area contributed by atoms with Gasteiger partial charge in [-0.2, -0.15) is 0 Å². The van der Waals surface area contributed by atoms with E-state index in [0.29, 0.717) is 25.7 Å². The van der Waals surface area contributed by atoms with Gasteiger partial charge < -0.3 is 19.4 Å². The Bertz CT molecular complexity index is 617. The largest absolute Gasteiger partial charge is 0.466 e. The first-order valence-corrected chi connectivity index (χ1v) is 9.83. The summed E-state index contributed by atoms with van der Waals surface area (Å²) in [4.78, 5) is 24.0. The van der Waals surface area contributed by atoms with E-state index in [4.69, 9.17) is 14.2 Å². The summed E-state index contributed by atoms with van der Waals surface area (Å²) in [5.74, 6) is -0.634. The molecule has 0 aliphatic carbocycles. The molecule has 0 radical (unpaired) electrons. The van der Waals surface area contributed by atoms with Crippen molar-refractivity contribution in [3.63, 3.8) is 0 Å². The number of carbonyl (C=O) groups excluding carboxylic acids is 2. The molecule has 0 bridgehead atoms. The van der Waals surface area contributed by atoms with Crippen molar-refractivity contribution in [2.24, 2.45) is 5.16 Å². The maximum absolute atomic E-state index is 12.1. The summed E-state index contributed by atoms with van der Waals surface area (Å²) in [6, 6.07) is 9.15. The van der Waals surface area contributed by atoms with Crippen molar-refractivity contribution in [3.05, 3.63) is 35.9 Å². The van der Waals surface area contributed by atoms with Crippen molar-refractivity contribution in [1.29, 1.82) is 0 Å². The lowest BCUT2D eigenvalue weighted by molar-refractivity contribution is -0.166. The van der Waals surface area contributed by atoms with Crippen LogP contribution in [-0.2, 0) is 23.8 Å². The molecular formula is C21H31NO6. The summed E-state index contributed by atoms with van der Waals surface area (Å²) >= 11 is 0. The van der Waals surface area contributed by atoms with E-state index in [1.54, 1.807) is 0 Å².